The zero-order chi connectivity index (χ0) is 15.0. The molecular formula is C15H20O4S. The summed E-state index contributed by atoms with van der Waals surface area (Å²) in [6.07, 6.45) is 3.58. The third-order valence-corrected chi connectivity index (χ3v) is 5.00. The van der Waals surface area contributed by atoms with Crippen LogP contribution in [-0.4, -0.2) is 31.5 Å². The Balaban J connectivity index is 2.11. The van der Waals surface area contributed by atoms with Crippen LogP contribution in [0.15, 0.2) is 24.3 Å². The molecule has 1 N–H and O–H groups in total. The van der Waals surface area contributed by atoms with Crippen LogP contribution in [0.3, 0.4) is 0 Å². The Kier molecular flexibility index (Phi) is 3.91. The first-order valence-electron chi connectivity index (χ1n) is 6.72. The first-order chi connectivity index (χ1) is 9.22. The molecule has 0 aliphatic heterocycles. The summed E-state index contributed by atoms with van der Waals surface area (Å²) in [5.74, 6) is -1.01. The second-order valence-corrected chi connectivity index (χ2v) is 8.13. The van der Waals surface area contributed by atoms with Gasteiger partial charge in [-0.05, 0) is 30.4 Å². The number of carbonyl (C=O) groups is 1. The lowest BCUT2D eigenvalue weighted by atomic mass is 9.94. The molecule has 0 radical (unpaired) electrons. The Morgan fingerprint density at radius 3 is 2.25 bits per heavy atom. The number of hydrogen-bond acceptors (Lipinski definition) is 3. The van der Waals surface area contributed by atoms with E-state index in [-0.39, 0.29) is 11.2 Å². The molecule has 0 aromatic heterocycles. The van der Waals surface area contributed by atoms with Gasteiger partial charge in [0.15, 0.2) is 0 Å². The molecule has 2 rings (SSSR count). The van der Waals surface area contributed by atoms with Gasteiger partial charge in [0.1, 0.15) is 9.84 Å². The van der Waals surface area contributed by atoms with E-state index in [1.54, 1.807) is 6.92 Å². The number of benzene rings is 1. The Morgan fingerprint density at radius 1 is 1.30 bits per heavy atom. The minimum absolute atomic E-state index is 0.199. The van der Waals surface area contributed by atoms with Crippen molar-refractivity contribution in [3.8, 4) is 0 Å². The highest BCUT2D eigenvalue weighted by molar-refractivity contribution is 7.90. The molecule has 0 bridgehead atoms. The SMILES string of the molecule is CC(Cc1ccc(C2(CS(C)(=O)=O)CC2)cc1)C(=O)O. The lowest BCUT2D eigenvalue weighted by Gasteiger charge is -2.15. The van der Waals surface area contributed by atoms with Crippen LogP contribution in [0.2, 0.25) is 0 Å². The standard InChI is InChI=1S/C15H20O4S/c1-11(14(16)17)9-12-3-5-13(6-4-12)15(7-8-15)10-20(2,18)19/h3-6,11H,7-10H2,1-2H3,(H,16,17). The third-order valence-electron chi connectivity index (χ3n) is 3.92. The molecule has 0 amide bonds. The zero-order valence-corrected chi connectivity index (χ0v) is 12.6. The number of sulfone groups is 1. The van der Waals surface area contributed by atoms with Crippen molar-refractivity contribution in [1.29, 1.82) is 0 Å². The summed E-state index contributed by atoms with van der Waals surface area (Å²) in [5, 5.41) is 8.90. The average molecular weight is 296 g/mol. The van der Waals surface area contributed by atoms with Crippen molar-refractivity contribution >= 4 is 15.8 Å². The fourth-order valence-electron chi connectivity index (χ4n) is 2.60. The normalized spacial score (nSPS) is 18.5. The quantitative estimate of drug-likeness (QED) is 0.872. The molecule has 1 aromatic carbocycles. The molecule has 5 heteroatoms. The molecule has 1 unspecified atom stereocenters. The summed E-state index contributed by atoms with van der Waals surface area (Å²) < 4.78 is 23.0. The van der Waals surface area contributed by atoms with Crippen LogP contribution in [0.25, 0.3) is 0 Å². The predicted molar refractivity (Wildman–Crippen MR) is 77.6 cm³/mol. The van der Waals surface area contributed by atoms with E-state index in [0.29, 0.717) is 6.42 Å². The van der Waals surface area contributed by atoms with Crippen LogP contribution in [0.5, 0.6) is 0 Å². The summed E-state index contributed by atoms with van der Waals surface area (Å²) in [4.78, 5) is 10.8. The molecule has 0 spiro atoms. The van der Waals surface area contributed by atoms with Crippen molar-refractivity contribution in [2.75, 3.05) is 12.0 Å². The van der Waals surface area contributed by atoms with Crippen molar-refractivity contribution in [2.24, 2.45) is 5.92 Å². The predicted octanol–water partition coefficient (Wildman–Crippen LogP) is 2.03. The van der Waals surface area contributed by atoms with Gasteiger partial charge in [0.25, 0.3) is 0 Å². The maximum Gasteiger partial charge on any atom is 0.306 e. The van der Waals surface area contributed by atoms with Crippen LogP contribution in [0.4, 0.5) is 0 Å². The highest BCUT2D eigenvalue weighted by Gasteiger charge is 2.46. The molecule has 1 saturated carbocycles. The second kappa shape index (κ2) is 5.20. The van der Waals surface area contributed by atoms with E-state index >= 15 is 0 Å². The van der Waals surface area contributed by atoms with Crippen molar-refractivity contribution in [3.63, 3.8) is 0 Å². The minimum Gasteiger partial charge on any atom is -0.481 e. The van der Waals surface area contributed by atoms with E-state index in [2.05, 4.69) is 0 Å². The smallest absolute Gasteiger partial charge is 0.306 e. The Bertz CT molecular complexity index is 597. The van der Waals surface area contributed by atoms with E-state index in [1.807, 2.05) is 24.3 Å². The topological polar surface area (TPSA) is 71.4 Å². The summed E-state index contributed by atoms with van der Waals surface area (Å²) >= 11 is 0. The molecule has 1 atom stereocenters. The van der Waals surface area contributed by atoms with Gasteiger partial charge in [-0.15, -0.1) is 0 Å². The number of carboxylic acid groups (broad SMARTS) is 1. The van der Waals surface area contributed by atoms with Gasteiger partial charge in [-0.3, -0.25) is 4.79 Å². The van der Waals surface area contributed by atoms with Crippen molar-refractivity contribution in [3.05, 3.63) is 35.4 Å². The minimum atomic E-state index is -2.99. The molecule has 0 heterocycles. The van der Waals surface area contributed by atoms with Crippen LogP contribution < -0.4 is 0 Å². The molecule has 1 fully saturated rings. The molecule has 110 valence electrons. The fourth-order valence-corrected chi connectivity index (χ4v) is 4.06. The number of hydrogen-bond donors (Lipinski definition) is 1. The first-order valence-corrected chi connectivity index (χ1v) is 8.78. The van der Waals surface area contributed by atoms with Crippen LogP contribution in [0.1, 0.15) is 30.9 Å². The van der Waals surface area contributed by atoms with Crippen LogP contribution in [0, 0.1) is 5.92 Å². The van der Waals surface area contributed by atoms with E-state index in [9.17, 15) is 13.2 Å². The van der Waals surface area contributed by atoms with E-state index in [1.165, 1.54) is 6.26 Å². The summed E-state index contributed by atoms with van der Waals surface area (Å²) in [7, 11) is -2.99. The number of aliphatic carboxylic acids is 1. The Hall–Kier alpha value is -1.36. The molecule has 0 saturated heterocycles. The highest BCUT2D eigenvalue weighted by Crippen LogP contribution is 2.49. The molecule has 1 aromatic rings. The van der Waals surface area contributed by atoms with Crippen LogP contribution >= 0.6 is 0 Å². The van der Waals surface area contributed by atoms with E-state index in [4.69, 9.17) is 5.11 Å². The molecule has 1 aliphatic carbocycles. The van der Waals surface area contributed by atoms with Gasteiger partial charge in [-0.25, -0.2) is 8.42 Å². The van der Waals surface area contributed by atoms with Gasteiger partial charge in [-0.2, -0.15) is 0 Å². The lowest BCUT2D eigenvalue weighted by Crippen LogP contribution is -2.20. The Labute approximate surface area is 119 Å². The number of carboxylic acids is 1. The maximum absolute atomic E-state index is 11.5. The first kappa shape index (κ1) is 15.0. The third kappa shape index (κ3) is 3.60. The van der Waals surface area contributed by atoms with Gasteiger partial charge in [0.05, 0.1) is 11.7 Å². The second-order valence-electron chi connectivity index (χ2n) is 5.99. The van der Waals surface area contributed by atoms with Gasteiger partial charge in [0.2, 0.25) is 0 Å². The summed E-state index contributed by atoms with van der Waals surface area (Å²) in [5.41, 5.74) is 1.82. The van der Waals surface area contributed by atoms with E-state index < -0.39 is 21.7 Å². The molecule has 1 aliphatic rings. The molecular weight excluding hydrogens is 276 g/mol. The maximum atomic E-state index is 11.5. The van der Waals surface area contributed by atoms with Gasteiger partial charge in [-0.1, -0.05) is 31.2 Å². The van der Waals surface area contributed by atoms with Gasteiger partial charge >= 0.3 is 5.97 Å². The van der Waals surface area contributed by atoms with Crippen molar-refractivity contribution in [2.45, 2.75) is 31.6 Å². The Morgan fingerprint density at radius 2 is 1.85 bits per heavy atom. The fraction of sp³-hybridized carbons (Fsp3) is 0.533. The molecule has 20 heavy (non-hydrogen) atoms. The zero-order valence-electron chi connectivity index (χ0n) is 11.8. The lowest BCUT2D eigenvalue weighted by molar-refractivity contribution is -0.141. The highest BCUT2D eigenvalue weighted by atomic mass is 32.2. The van der Waals surface area contributed by atoms with Crippen molar-refractivity contribution in [1.82, 2.24) is 0 Å². The number of rotatable bonds is 6. The van der Waals surface area contributed by atoms with Crippen molar-refractivity contribution < 1.29 is 18.3 Å². The largest absolute Gasteiger partial charge is 0.481 e. The average Bonchev–Trinajstić information content (AvgIpc) is 3.08. The van der Waals surface area contributed by atoms with E-state index in [0.717, 1.165) is 24.0 Å². The summed E-state index contributed by atoms with van der Waals surface area (Å²) in [6.45, 7) is 1.68. The molecule has 4 nitrogen and oxygen atoms in total. The van der Waals surface area contributed by atoms with Gasteiger partial charge in [0, 0.05) is 11.7 Å². The van der Waals surface area contributed by atoms with Gasteiger partial charge < -0.3 is 5.11 Å². The van der Waals surface area contributed by atoms with Crippen LogP contribution in [-0.2, 0) is 26.5 Å². The summed E-state index contributed by atoms with van der Waals surface area (Å²) in [6, 6.07) is 7.72. The monoisotopic (exact) mass is 296 g/mol.